The summed E-state index contributed by atoms with van der Waals surface area (Å²) in [6.45, 7) is 0.735. The number of hydrogen-bond acceptors (Lipinski definition) is 4. The van der Waals surface area contributed by atoms with Crippen molar-refractivity contribution in [2.75, 3.05) is 19.0 Å². The van der Waals surface area contributed by atoms with E-state index < -0.39 is 0 Å². The lowest BCUT2D eigenvalue weighted by Gasteiger charge is -2.36. The van der Waals surface area contributed by atoms with Gasteiger partial charge in [-0.3, -0.25) is 0 Å². The van der Waals surface area contributed by atoms with E-state index in [4.69, 9.17) is 14.2 Å². The Morgan fingerprint density at radius 3 is 2.77 bits per heavy atom. The third-order valence-electron chi connectivity index (χ3n) is 4.41. The summed E-state index contributed by atoms with van der Waals surface area (Å²) in [5.74, 6) is 1.85. The van der Waals surface area contributed by atoms with Crippen molar-refractivity contribution < 1.29 is 14.2 Å². The predicted molar refractivity (Wildman–Crippen MR) is 84.3 cm³/mol. The van der Waals surface area contributed by atoms with Gasteiger partial charge in [0.05, 0.1) is 19.8 Å². The smallest absolute Gasteiger partial charge is 0.205 e. The number of ether oxygens (including phenoxy) is 3. The second-order valence-electron chi connectivity index (χ2n) is 5.68. The molecule has 2 aliphatic rings. The van der Waals surface area contributed by atoms with E-state index in [0.29, 0.717) is 5.92 Å². The normalized spacial score (nSPS) is 25.8. The molecule has 0 aromatic heterocycles. The van der Waals surface area contributed by atoms with Gasteiger partial charge in [-0.15, -0.1) is 0 Å². The molecule has 22 heavy (non-hydrogen) atoms. The van der Waals surface area contributed by atoms with Crippen LogP contribution in [0.4, 0.5) is 5.69 Å². The third kappa shape index (κ3) is 2.20. The van der Waals surface area contributed by atoms with Crippen molar-refractivity contribution >= 4 is 5.69 Å². The lowest BCUT2D eigenvalue weighted by Crippen LogP contribution is -2.36. The molecule has 1 saturated heterocycles. The van der Waals surface area contributed by atoms with Crippen LogP contribution in [-0.2, 0) is 4.74 Å². The molecule has 0 aliphatic carbocycles. The highest BCUT2D eigenvalue weighted by molar-refractivity contribution is 5.54. The van der Waals surface area contributed by atoms with Gasteiger partial charge in [0.1, 0.15) is 0 Å². The van der Waals surface area contributed by atoms with Crippen LogP contribution in [-0.4, -0.2) is 20.0 Å². The lowest BCUT2D eigenvalue weighted by molar-refractivity contribution is -0.0759. The molecule has 4 heteroatoms. The van der Waals surface area contributed by atoms with Crippen molar-refractivity contribution in [1.29, 1.82) is 0 Å². The summed E-state index contributed by atoms with van der Waals surface area (Å²) in [5, 5.41) is 3.64. The Hall–Kier alpha value is -2.20. The van der Waals surface area contributed by atoms with E-state index in [2.05, 4.69) is 23.5 Å². The maximum atomic E-state index is 6.06. The maximum absolute atomic E-state index is 6.06. The van der Waals surface area contributed by atoms with Crippen LogP contribution in [0.2, 0.25) is 0 Å². The first-order valence-corrected chi connectivity index (χ1v) is 7.63. The van der Waals surface area contributed by atoms with Crippen LogP contribution in [0, 0.1) is 5.92 Å². The standard InChI is InChI=1S/C18H19NO3/c1-20-15-9-5-8-13-16(19-12-6-3-2-4-7-12)14-10-11-21-18(14)22-17(13)15/h2-9,14,16,18-19H,10-11H2,1H3/t14-,16-,18+/m1/s1. The molecule has 4 nitrogen and oxygen atoms in total. The molecule has 0 saturated carbocycles. The minimum Gasteiger partial charge on any atom is -0.493 e. The van der Waals surface area contributed by atoms with Gasteiger partial charge in [-0.25, -0.2) is 0 Å². The largest absolute Gasteiger partial charge is 0.493 e. The molecule has 2 heterocycles. The van der Waals surface area contributed by atoms with Crippen LogP contribution in [0.1, 0.15) is 18.0 Å². The fourth-order valence-electron chi connectivity index (χ4n) is 3.34. The van der Waals surface area contributed by atoms with Gasteiger partial charge in [-0.05, 0) is 24.6 Å². The number of nitrogens with one attached hydrogen (secondary N) is 1. The maximum Gasteiger partial charge on any atom is 0.205 e. The first kappa shape index (κ1) is 13.5. The van der Waals surface area contributed by atoms with Crippen molar-refractivity contribution in [3.05, 3.63) is 54.1 Å². The highest BCUT2D eigenvalue weighted by Gasteiger charge is 2.43. The zero-order chi connectivity index (χ0) is 14.9. The Bertz CT molecular complexity index is 659. The monoisotopic (exact) mass is 297 g/mol. The second kappa shape index (κ2) is 5.54. The van der Waals surface area contributed by atoms with E-state index in [1.807, 2.05) is 30.3 Å². The van der Waals surface area contributed by atoms with Gasteiger partial charge in [0, 0.05) is 17.2 Å². The quantitative estimate of drug-likeness (QED) is 0.939. The van der Waals surface area contributed by atoms with Gasteiger partial charge in [0.15, 0.2) is 11.5 Å². The number of benzene rings is 2. The Labute approximate surface area is 130 Å². The van der Waals surface area contributed by atoms with E-state index in [9.17, 15) is 0 Å². The molecule has 114 valence electrons. The van der Waals surface area contributed by atoms with Gasteiger partial charge in [-0.1, -0.05) is 30.3 Å². The average Bonchev–Trinajstić information content (AvgIpc) is 3.03. The highest BCUT2D eigenvalue weighted by atomic mass is 16.7. The summed E-state index contributed by atoms with van der Waals surface area (Å²) in [6, 6.07) is 16.5. The number of anilines is 1. The van der Waals surface area contributed by atoms with Crippen molar-refractivity contribution in [3.63, 3.8) is 0 Å². The van der Waals surface area contributed by atoms with Gasteiger partial charge < -0.3 is 19.5 Å². The Balaban J connectivity index is 1.75. The molecule has 4 rings (SSSR count). The molecule has 0 spiro atoms. The van der Waals surface area contributed by atoms with Crippen LogP contribution in [0.25, 0.3) is 0 Å². The van der Waals surface area contributed by atoms with Gasteiger partial charge in [0.2, 0.25) is 6.29 Å². The van der Waals surface area contributed by atoms with Crippen molar-refractivity contribution in [1.82, 2.24) is 0 Å². The molecule has 0 bridgehead atoms. The molecular weight excluding hydrogens is 278 g/mol. The van der Waals surface area contributed by atoms with Crippen LogP contribution < -0.4 is 14.8 Å². The number of para-hydroxylation sites is 2. The molecular formula is C18H19NO3. The van der Waals surface area contributed by atoms with Gasteiger partial charge >= 0.3 is 0 Å². The fourth-order valence-corrected chi connectivity index (χ4v) is 3.34. The topological polar surface area (TPSA) is 39.7 Å². The molecule has 2 aromatic carbocycles. The number of rotatable bonds is 3. The van der Waals surface area contributed by atoms with E-state index in [0.717, 1.165) is 35.8 Å². The first-order chi connectivity index (χ1) is 10.9. The summed E-state index contributed by atoms with van der Waals surface area (Å²) < 4.78 is 17.3. The lowest BCUT2D eigenvalue weighted by atomic mass is 9.88. The third-order valence-corrected chi connectivity index (χ3v) is 4.41. The molecule has 3 atom stereocenters. The van der Waals surface area contributed by atoms with Crippen LogP contribution in [0.5, 0.6) is 11.5 Å². The molecule has 0 unspecified atom stereocenters. The molecule has 1 fully saturated rings. The zero-order valence-corrected chi connectivity index (χ0v) is 12.5. The summed E-state index contributed by atoms with van der Waals surface area (Å²) in [5.41, 5.74) is 2.24. The molecule has 2 aromatic rings. The van der Waals surface area contributed by atoms with Crippen molar-refractivity contribution in [2.45, 2.75) is 18.8 Å². The Kier molecular flexibility index (Phi) is 3.39. The minimum absolute atomic E-state index is 0.161. The predicted octanol–water partition coefficient (Wildman–Crippen LogP) is 3.60. The highest BCUT2D eigenvalue weighted by Crippen LogP contribution is 2.48. The number of hydrogen-bond donors (Lipinski definition) is 1. The van der Waals surface area contributed by atoms with Crippen LogP contribution in [0.15, 0.2) is 48.5 Å². The van der Waals surface area contributed by atoms with E-state index >= 15 is 0 Å². The van der Waals surface area contributed by atoms with Crippen molar-refractivity contribution in [3.8, 4) is 11.5 Å². The molecule has 1 N–H and O–H groups in total. The zero-order valence-electron chi connectivity index (χ0n) is 12.5. The summed E-state index contributed by atoms with van der Waals surface area (Å²) >= 11 is 0. The number of fused-ring (bicyclic) bond motifs is 2. The first-order valence-electron chi connectivity index (χ1n) is 7.63. The molecule has 2 aliphatic heterocycles. The minimum atomic E-state index is -0.204. The summed E-state index contributed by atoms with van der Waals surface area (Å²) in [7, 11) is 1.67. The van der Waals surface area contributed by atoms with E-state index in [1.54, 1.807) is 7.11 Å². The van der Waals surface area contributed by atoms with Gasteiger partial charge in [0.25, 0.3) is 0 Å². The fraction of sp³-hybridized carbons (Fsp3) is 0.333. The number of methoxy groups -OCH3 is 1. The molecule has 0 amide bonds. The average molecular weight is 297 g/mol. The Morgan fingerprint density at radius 2 is 1.95 bits per heavy atom. The Morgan fingerprint density at radius 1 is 1.09 bits per heavy atom. The second-order valence-corrected chi connectivity index (χ2v) is 5.68. The van der Waals surface area contributed by atoms with E-state index in [-0.39, 0.29) is 12.3 Å². The van der Waals surface area contributed by atoms with Crippen LogP contribution in [0.3, 0.4) is 0 Å². The van der Waals surface area contributed by atoms with Crippen LogP contribution >= 0.6 is 0 Å². The summed E-state index contributed by atoms with van der Waals surface area (Å²) in [4.78, 5) is 0. The van der Waals surface area contributed by atoms with Crippen molar-refractivity contribution in [2.24, 2.45) is 5.92 Å². The SMILES string of the molecule is COc1cccc2c1O[C@@H]1OCC[C@@H]1[C@@H]2Nc1ccccc1. The van der Waals surface area contributed by atoms with E-state index in [1.165, 1.54) is 0 Å². The molecule has 0 radical (unpaired) electrons. The van der Waals surface area contributed by atoms with Gasteiger partial charge in [-0.2, -0.15) is 0 Å². The summed E-state index contributed by atoms with van der Waals surface area (Å²) in [6.07, 6.45) is 0.788.